The van der Waals surface area contributed by atoms with Gasteiger partial charge in [-0.2, -0.15) is 0 Å². The molecular formula is C20H29N3O3. The lowest BCUT2D eigenvalue weighted by Gasteiger charge is -2.33. The zero-order chi connectivity index (χ0) is 18.5. The van der Waals surface area contributed by atoms with E-state index in [1.807, 2.05) is 30.0 Å². The Hall–Kier alpha value is -2.08. The lowest BCUT2D eigenvalue weighted by Crippen LogP contribution is -2.46. The van der Waals surface area contributed by atoms with Crippen molar-refractivity contribution in [2.45, 2.75) is 38.6 Å². The number of piperidine rings is 1. The summed E-state index contributed by atoms with van der Waals surface area (Å²) in [6.07, 6.45) is 4.00. The molecule has 26 heavy (non-hydrogen) atoms. The molecule has 0 aromatic heterocycles. The molecule has 2 saturated heterocycles. The van der Waals surface area contributed by atoms with E-state index in [0.717, 1.165) is 55.6 Å². The molecular weight excluding hydrogens is 330 g/mol. The van der Waals surface area contributed by atoms with E-state index in [2.05, 4.69) is 10.6 Å². The Kier molecular flexibility index (Phi) is 6.14. The summed E-state index contributed by atoms with van der Waals surface area (Å²) in [5.41, 5.74) is 1.66. The van der Waals surface area contributed by atoms with Crippen LogP contribution in [-0.4, -0.2) is 56.0 Å². The third-order valence-corrected chi connectivity index (χ3v) is 5.41. The molecule has 2 atom stereocenters. The first-order valence-electron chi connectivity index (χ1n) is 9.53. The Morgan fingerprint density at radius 2 is 2.15 bits per heavy atom. The smallest absolute Gasteiger partial charge is 0.254 e. The van der Waals surface area contributed by atoms with E-state index >= 15 is 0 Å². The van der Waals surface area contributed by atoms with Gasteiger partial charge in [0.05, 0.1) is 13.2 Å². The summed E-state index contributed by atoms with van der Waals surface area (Å²) in [5.74, 6) is 1.24. The summed E-state index contributed by atoms with van der Waals surface area (Å²) in [5, 5.41) is 6.29. The molecule has 2 amide bonds. The molecule has 2 N–H and O–H groups in total. The maximum Gasteiger partial charge on any atom is 0.254 e. The van der Waals surface area contributed by atoms with Gasteiger partial charge >= 0.3 is 0 Å². The zero-order valence-electron chi connectivity index (χ0n) is 15.7. The van der Waals surface area contributed by atoms with Crippen molar-refractivity contribution in [2.75, 3.05) is 33.3 Å². The van der Waals surface area contributed by atoms with Crippen molar-refractivity contribution < 1.29 is 14.3 Å². The van der Waals surface area contributed by atoms with E-state index in [9.17, 15) is 9.59 Å². The average molecular weight is 359 g/mol. The molecule has 6 heteroatoms. The maximum atomic E-state index is 12.9. The third kappa shape index (κ3) is 4.36. The van der Waals surface area contributed by atoms with Crippen molar-refractivity contribution in [2.24, 2.45) is 5.92 Å². The van der Waals surface area contributed by atoms with Gasteiger partial charge in [-0.25, -0.2) is 0 Å². The van der Waals surface area contributed by atoms with Crippen LogP contribution in [0.4, 0.5) is 0 Å². The Morgan fingerprint density at radius 3 is 2.85 bits per heavy atom. The summed E-state index contributed by atoms with van der Waals surface area (Å²) in [4.78, 5) is 27.0. The number of benzene rings is 1. The van der Waals surface area contributed by atoms with Gasteiger partial charge in [-0.3, -0.25) is 9.59 Å². The molecule has 2 fully saturated rings. The van der Waals surface area contributed by atoms with Crippen LogP contribution in [0, 0.1) is 12.8 Å². The van der Waals surface area contributed by atoms with Crippen molar-refractivity contribution in [3.8, 4) is 5.75 Å². The predicted molar refractivity (Wildman–Crippen MR) is 100 cm³/mol. The minimum Gasteiger partial charge on any atom is -0.497 e. The number of amides is 2. The second-order valence-corrected chi connectivity index (χ2v) is 7.33. The predicted octanol–water partition coefficient (Wildman–Crippen LogP) is 1.72. The molecule has 0 aliphatic carbocycles. The van der Waals surface area contributed by atoms with Crippen molar-refractivity contribution in [3.05, 3.63) is 29.3 Å². The molecule has 3 rings (SSSR count). The molecule has 0 bridgehead atoms. The number of carbonyl (C=O) groups is 2. The number of nitrogens with zero attached hydrogens (tertiary/aromatic N) is 1. The number of likely N-dealkylation sites (tertiary alicyclic amines) is 1. The van der Waals surface area contributed by atoms with Crippen LogP contribution < -0.4 is 15.4 Å². The largest absolute Gasteiger partial charge is 0.497 e. The first kappa shape index (κ1) is 18.7. The lowest BCUT2D eigenvalue weighted by atomic mass is 9.96. The summed E-state index contributed by atoms with van der Waals surface area (Å²) in [6.45, 7) is 4.97. The summed E-state index contributed by atoms with van der Waals surface area (Å²) in [7, 11) is 1.63. The molecule has 0 spiro atoms. The van der Waals surface area contributed by atoms with Crippen molar-refractivity contribution in [1.82, 2.24) is 15.5 Å². The van der Waals surface area contributed by atoms with Crippen LogP contribution in [0.25, 0.3) is 0 Å². The van der Waals surface area contributed by atoms with Crippen LogP contribution >= 0.6 is 0 Å². The molecule has 6 nitrogen and oxygen atoms in total. The molecule has 2 heterocycles. The van der Waals surface area contributed by atoms with Crippen LogP contribution in [-0.2, 0) is 4.79 Å². The topological polar surface area (TPSA) is 70.7 Å². The van der Waals surface area contributed by atoms with Gasteiger partial charge in [0.15, 0.2) is 0 Å². The van der Waals surface area contributed by atoms with Crippen LogP contribution in [0.5, 0.6) is 5.75 Å². The van der Waals surface area contributed by atoms with E-state index in [4.69, 9.17) is 4.74 Å². The molecule has 142 valence electrons. The third-order valence-electron chi connectivity index (χ3n) is 5.41. The molecule has 0 saturated carbocycles. The summed E-state index contributed by atoms with van der Waals surface area (Å²) >= 11 is 0. The monoisotopic (exact) mass is 359 g/mol. The number of methoxy groups -OCH3 is 1. The second kappa shape index (κ2) is 8.54. The van der Waals surface area contributed by atoms with Crippen LogP contribution in [0.1, 0.15) is 41.6 Å². The first-order chi connectivity index (χ1) is 12.6. The highest BCUT2D eigenvalue weighted by Gasteiger charge is 2.27. The standard InChI is InChI=1S/C20H29N3O3/c1-14-11-16(26-2)7-8-17(14)20(25)23-10-4-5-15(13-23)12-22-19(24)18-6-3-9-21-18/h7-8,11,15,18,21H,3-6,9-10,12-13H2,1-2H3,(H,22,24). The van der Waals surface area contributed by atoms with Crippen molar-refractivity contribution in [1.29, 1.82) is 0 Å². The molecule has 0 radical (unpaired) electrons. The van der Waals surface area contributed by atoms with E-state index in [1.54, 1.807) is 7.11 Å². The number of hydrogen-bond acceptors (Lipinski definition) is 4. The summed E-state index contributed by atoms with van der Waals surface area (Å²) < 4.78 is 5.22. The van der Waals surface area contributed by atoms with E-state index in [0.29, 0.717) is 19.0 Å². The van der Waals surface area contributed by atoms with Gasteiger partial charge in [-0.15, -0.1) is 0 Å². The quantitative estimate of drug-likeness (QED) is 0.840. The Bertz CT molecular complexity index is 656. The first-order valence-corrected chi connectivity index (χ1v) is 9.53. The molecule has 2 aliphatic rings. The van der Waals surface area contributed by atoms with Crippen LogP contribution in [0.3, 0.4) is 0 Å². The van der Waals surface area contributed by atoms with Gasteiger partial charge in [-0.1, -0.05) is 0 Å². The fraction of sp³-hybridized carbons (Fsp3) is 0.600. The number of hydrogen-bond donors (Lipinski definition) is 2. The number of ether oxygens (including phenoxy) is 1. The highest BCUT2D eigenvalue weighted by atomic mass is 16.5. The van der Waals surface area contributed by atoms with Crippen LogP contribution in [0.15, 0.2) is 18.2 Å². The number of nitrogens with one attached hydrogen (secondary N) is 2. The Morgan fingerprint density at radius 1 is 1.31 bits per heavy atom. The van der Waals surface area contributed by atoms with Gasteiger partial charge in [0, 0.05) is 25.2 Å². The maximum absolute atomic E-state index is 12.9. The van der Waals surface area contributed by atoms with Crippen molar-refractivity contribution in [3.63, 3.8) is 0 Å². The normalized spacial score (nSPS) is 22.9. The number of aryl methyl sites for hydroxylation is 1. The second-order valence-electron chi connectivity index (χ2n) is 7.33. The van der Waals surface area contributed by atoms with Gasteiger partial charge in [0.25, 0.3) is 5.91 Å². The van der Waals surface area contributed by atoms with E-state index in [-0.39, 0.29) is 17.9 Å². The van der Waals surface area contributed by atoms with Gasteiger partial charge in [-0.05, 0) is 68.8 Å². The van der Waals surface area contributed by atoms with Crippen LogP contribution in [0.2, 0.25) is 0 Å². The van der Waals surface area contributed by atoms with E-state index < -0.39 is 0 Å². The molecule has 1 aromatic carbocycles. The number of rotatable bonds is 5. The fourth-order valence-corrected chi connectivity index (χ4v) is 3.87. The Balaban J connectivity index is 1.55. The molecule has 2 aliphatic heterocycles. The highest BCUT2D eigenvalue weighted by Crippen LogP contribution is 2.22. The molecule has 2 unspecified atom stereocenters. The van der Waals surface area contributed by atoms with E-state index in [1.165, 1.54) is 0 Å². The van der Waals surface area contributed by atoms with Gasteiger partial charge in [0.1, 0.15) is 5.75 Å². The minimum atomic E-state index is -0.0433. The summed E-state index contributed by atoms with van der Waals surface area (Å²) in [6, 6.07) is 5.52. The van der Waals surface area contributed by atoms with Gasteiger partial charge in [0.2, 0.25) is 5.91 Å². The average Bonchev–Trinajstić information content (AvgIpc) is 3.20. The lowest BCUT2D eigenvalue weighted by molar-refractivity contribution is -0.123. The fourth-order valence-electron chi connectivity index (χ4n) is 3.87. The SMILES string of the molecule is COc1ccc(C(=O)N2CCCC(CNC(=O)C3CCCN3)C2)c(C)c1. The zero-order valence-corrected chi connectivity index (χ0v) is 15.7. The minimum absolute atomic E-state index is 0.0433. The Labute approximate surface area is 155 Å². The molecule has 1 aromatic rings. The highest BCUT2D eigenvalue weighted by molar-refractivity contribution is 5.95. The van der Waals surface area contributed by atoms with Gasteiger partial charge < -0.3 is 20.3 Å². The number of carbonyl (C=O) groups excluding carboxylic acids is 2. The van der Waals surface area contributed by atoms with Crippen molar-refractivity contribution >= 4 is 11.8 Å².